The summed E-state index contributed by atoms with van der Waals surface area (Å²) in [5, 5.41) is 12.0. The topological polar surface area (TPSA) is 109 Å². The molecule has 0 saturated heterocycles. The molecule has 3 rings (SSSR count). The van der Waals surface area contributed by atoms with Gasteiger partial charge in [-0.2, -0.15) is 4.98 Å². The normalized spacial score (nSPS) is 16.8. The van der Waals surface area contributed by atoms with Crippen LogP contribution in [0.1, 0.15) is 37.5 Å². The molecule has 2 heterocycles. The van der Waals surface area contributed by atoms with E-state index in [4.69, 9.17) is 4.52 Å². The number of nitrogens with zero attached hydrogens (tertiary/aromatic N) is 2. The Bertz CT molecular complexity index is 828. The first-order valence-electron chi connectivity index (χ1n) is 8.48. The summed E-state index contributed by atoms with van der Waals surface area (Å²) in [5.74, 6) is 0.633. The highest BCUT2D eigenvalue weighted by molar-refractivity contribution is 5.98. The van der Waals surface area contributed by atoms with Crippen molar-refractivity contribution in [2.75, 3.05) is 0 Å². The number of nitrogens with one attached hydrogen (secondary N) is 3. The summed E-state index contributed by atoms with van der Waals surface area (Å²) in [4.78, 5) is 28.3. The predicted molar refractivity (Wildman–Crippen MR) is 93.8 cm³/mol. The Balaban J connectivity index is 1.61. The van der Waals surface area contributed by atoms with E-state index in [0.29, 0.717) is 35.8 Å². The number of urea groups is 1. The van der Waals surface area contributed by atoms with Crippen molar-refractivity contribution in [2.45, 2.75) is 39.3 Å². The van der Waals surface area contributed by atoms with Gasteiger partial charge in [-0.3, -0.25) is 4.79 Å². The van der Waals surface area contributed by atoms with Crippen LogP contribution in [0.25, 0.3) is 0 Å². The molecule has 1 atom stereocenters. The Hall–Kier alpha value is -3.16. The number of benzene rings is 1. The lowest BCUT2D eigenvalue weighted by Gasteiger charge is -2.27. The zero-order valence-corrected chi connectivity index (χ0v) is 14.7. The van der Waals surface area contributed by atoms with E-state index in [1.54, 1.807) is 6.92 Å². The monoisotopic (exact) mass is 355 g/mol. The predicted octanol–water partition coefficient (Wildman–Crippen LogP) is 1.64. The van der Waals surface area contributed by atoms with E-state index in [-0.39, 0.29) is 24.5 Å². The molecular weight excluding hydrogens is 334 g/mol. The largest absolute Gasteiger partial charge is 0.345 e. The van der Waals surface area contributed by atoms with Crippen LogP contribution < -0.4 is 16.0 Å². The van der Waals surface area contributed by atoms with Crippen molar-refractivity contribution in [3.8, 4) is 0 Å². The SMILES string of the molecule is CCC1NC(=O)NC(C)=C1C(=O)NCc1noc(Cc2ccccc2)n1. The van der Waals surface area contributed by atoms with Gasteiger partial charge in [0.15, 0.2) is 5.82 Å². The van der Waals surface area contributed by atoms with Crippen LogP contribution in [0.2, 0.25) is 0 Å². The van der Waals surface area contributed by atoms with Gasteiger partial charge in [-0.1, -0.05) is 42.4 Å². The first-order valence-corrected chi connectivity index (χ1v) is 8.48. The third-order valence-corrected chi connectivity index (χ3v) is 4.13. The molecule has 136 valence electrons. The number of amides is 3. The smallest absolute Gasteiger partial charge is 0.319 e. The first-order chi connectivity index (χ1) is 12.6. The summed E-state index contributed by atoms with van der Waals surface area (Å²) < 4.78 is 5.23. The molecule has 1 aliphatic heterocycles. The molecule has 1 aliphatic rings. The standard InChI is InChI=1S/C18H21N5O3/c1-3-13-16(11(2)20-18(25)21-13)17(24)19-10-14-22-15(26-23-14)9-12-7-5-4-6-8-12/h4-8,13H,3,9-10H2,1-2H3,(H,19,24)(H2,20,21,25). The maximum atomic E-state index is 12.5. The molecular formula is C18H21N5O3. The van der Waals surface area contributed by atoms with E-state index in [2.05, 4.69) is 26.1 Å². The summed E-state index contributed by atoms with van der Waals surface area (Å²) in [6, 6.07) is 9.19. The highest BCUT2D eigenvalue weighted by atomic mass is 16.5. The molecule has 3 N–H and O–H groups in total. The fourth-order valence-corrected chi connectivity index (χ4v) is 2.86. The van der Waals surface area contributed by atoms with Gasteiger partial charge in [-0.05, 0) is 18.9 Å². The Morgan fingerprint density at radius 3 is 2.81 bits per heavy atom. The molecule has 0 spiro atoms. The summed E-state index contributed by atoms with van der Waals surface area (Å²) in [5.41, 5.74) is 2.14. The lowest BCUT2D eigenvalue weighted by Crippen LogP contribution is -2.51. The van der Waals surface area contributed by atoms with Gasteiger partial charge in [-0.15, -0.1) is 0 Å². The number of aromatic nitrogens is 2. The summed E-state index contributed by atoms with van der Waals surface area (Å²) in [6.07, 6.45) is 1.16. The van der Waals surface area contributed by atoms with Crippen molar-refractivity contribution in [3.63, 3.8) is 0 Å². The Morgan fingerprint density at radius 1 is 1.31 bits per heavy atom. The van der Waals surface area contributed by atoms with Gasteiger partial charge in [0.25, 0.3) is 5.91 Å². The number of carbonyl (C=O) groups excluding carboxylic acids is 2. The number of allylic oxidation sites excluding steroid dienone is 1. The van der Waals surface area contributed by atoms with Crippen molar-refractivity contribution in [3.05, 3.63) is 58.9 Å². The van der Waals surface area contributed by atoms with Gasteiger partial charge in [0, 0.05) is 5.70 Å². The lowest BCUT2D eigenvalue weighted by molar-refractivity contribution is -0.118. The first kappa shape index (κ1) is 17.7. The van der Waals surface area contributed by atoms with Gasteiger partial charge in [0.2, 0.25) is 5.89 Å². The van der Waals surface area contributed by atoms with Crippen LogP contribution in [0.15, 0.2) is 46.1 Å². The van der Waals surface area contributed by atoms with Gasteiger partial charge in [-0.25, -0.2) is 4.79 Å². The second-order valence-electron chi connectivity index (χ2n) is 6.05. The van der Waals surface area contributed by atoms with Crippen molar-refractivity contribution in [1.82, 2.24) is 26.1 Å². The molecule has 8 heteroatoms. The zero-order valence-electron chi connectivity index (χ0n) is 14.7. The molecule has 0 radical (unpaired) electrons. The molecule has 8 nitrogen and oxygen atoms in total. The minimum atomic E-state index is -0.317. The van der Waals surface area contributed by atoms with E-state index in [9.17, 15) is 9.59 Å². The third kappa shape index (κ3) is 4.08. The summed E-state index contributed by atoms with van der Waals surface area (Å²) in [6.45, 7) is 3.77. The molecule has 1 unspecified atom stereocenters. The van der Waals surface area contributed by atoms with E-state index < -0.39 is 0 Å². The van der Waals surface area contributed by atoms with Crippen molar-refractivity contribution in [1.29, 1.82) is 0 Å². The molecule has 1 aromatic heterocycles. The summed E-state index contributed by atoms with van der Waals surface area (Å²) >= 11 is 0. The van der Waals surface area contributed by atoms with Crippen LogP contribution in [-0.2, 0) is 17.8 Å². The average molecular weight is 355 g/mol. The van der Waals surface area contributed by atoms with Crippen LogP contribution in [-0.4, -0.2) is 28.1 Å². The van der Waals surface area contributed by atoms with Crippen LogP contribution >= 0.6 is 0 Å². The average Bonchev–Trinajstić information content (AvgIpc) is 3.07. The van der Waals surface area contributed by atoms with E-state index in [1.807, 2.05) is 37.3 Å². The van der Waals surface area contributed by atoms with E-state index in [1.165, 1.54) is 0 Å². The quantitative estimate of drug-likeness (QED) is 0.730. The number of rotatable bonds is 6. The van der Waals surface area contributed by atoms with Crippen LogP contribution in [0.4, 0.5) is 4.79 Å². The second-order valence-corrected chi connectivity index (χ2v) is 6.05. The van der Waals surface area contributed by atoms with Crippen molar-refractivity contribution >= 4 is 11.9 Å². The van der Waals surface area contributed by atoms with E-state index in [0.717, 1.165) is 5.56 Å². The lowest BCUT2D eigenvalue weighted by atomic mass is 10.00. The van der Waals surface area contributed by atoms with Crippen LogP contribution in [0.5, 0.6) is 0 Å². The molecule has 26 heavy (non-hydrogen) atoms. The summed E-state index contributed by atoms with van der Waals surface area (Å²) in [7, 11) is 0. The van der Waals surface area contributed by atoms with Crippen molar-refractivity contribution in [2.24, 2.45) is 0 Å². The zero-order chi connectivity index (χ0) is 18.5. The third-order valence-electron chi connectivity index (χ3n) is 4.13. The van der Waals surface area contributed by atoms with Gasteiger partial charge >= 0.3 is 6.03 Å². The van der Waals surface area contributed by atoms with Crippen molar-refractivity contribution < 1.29 is 14.1 Å². The molecule has 0 bridgehead atoms. The molecule has 2 aromatic rings. The Morgan fingerprint density at radius 2 is 2.08 bits per heavy atom. The number of carbonyl (C=O) groups is 2. The Kier molecular flexibility index (Phi) is 5.31. The maximum absolute atomic E-state index is 12.5. The number of hydrogen-bond donors (Lipinski definition) is 3. The minimum Gasteiger partial charge on any atom is -0.345 e. The Labute approximate surface area is 151 Å². The van der Waals surface area contributed by atoms with Gasteiger partial charge in [0.05, 0.1) is 24.6 Å². The fourth-order valence-electron chi connectivity index (χ4n) is 2.86. The van der Waals surface area contributed by atoms with Crippen LogP contribution in [0, 0.1) is 0 Å². The highest BCUT2D eigenvalue weighted by Gasteiger charge is 2.28. The molecule has 0 fully saturated rings. The molecule has 1 aromatic carbocycles. The fraction of sp³-hybridized carbons (Fsp3) is 0.333. The van der Waals surface area contributed by atoms with Gasteiger partial charge in [0.1, 0.15) is 0 Å². The van der Waals surface area contributed by atoms with Gasteiger partial charge < -0.3 is 20.5 Å². The van der Waals surface area contributed by atoms with Crippen LogP contribution in [0.3, 0.4) is 0 Å². The number of hydrogen-bond acceptors (Lipinski definition) is 5. The highest BCUT2D eigenvalue weighted by Crippen LogP contribution is 2.15. The second kappa shape index (κ2) is 7.81. The molecule has 0 aliphatic carbocycles. The molecule has 3 amide bonds. The van der Waals surface area contributed by atoms with E-state index >= 15 is 0 Å². The minimum absolute atomic E-state index is 0.151. The maximum Gasteiger partial charge on any atom is 0.319 e. The molecule has 0 saturated carbocycles.